The van der Waals surface area contributed by atoms with Crippen LogP contribution in [-0.2, 0) is 21.0 Å². The molecule has 1 amide bonds. The molecule has 2 aromatic rings. The number of rotatable bonds is 4. The van der Waals surface area contributed by atoms with Gasteiger partial charge in [0.2, 0.25) is 10.0 Å². The van der Waals surface area contributed by atoms with E-state index in [0.29, 0.717) is 5.02 Å². The van der Waals surface area contributed by atoms with Crippen molar-refractivity contribution in [2.75, 3.05) is 5.32 Å². The Bertz CT molecular complexity index is 977. The number of hydrogen-bond acceptors (Lipinski definition) is 4. The van der Waals surface area contributed by atoms with Crippen LogP contribution in [0.15, 0.2) is 40.1 Å². The van der Waals surface area contributed by atoms with E-state index in [1.54, 1.807) is 0 Å². The Labute approximate surface area is 156 Å². The third-order valence-corrected chi connectivity index (χ3v) is 5.84. The standard InChI is InChI=1S/C14H13Cl2N3O4S2/c1-7-12(16)10(24(17)21)6-11(25(18,22)23)13(7)19-14(20)8-2-4-9(15)5-3-8/h2-6H,17H2,1H3,(H,19,20)(H2,18,22,23). The predicted octanol–water partition coefficient (Wildman–Crippen LogP) is 2.18. The molecule has 0 saturated heterocycles. The van der Waals surface area contributed by atoms with Crippen LogP contribution in [-0.4, -0.2) is 18.5 Å². The number of hydrogen-bond donors (Lipinski definition) is 3. The molecule has 0 aliphatic heterocycles. The highest BCUT2D eigenvalue weighted by atomic mass is 35.5. The van der Waals surface area contributed by atoms with Crippen molar-refractivity contribution in [3.8, 4) is 0 Å². The Balaban J connectivity index is 2.60. The van der Waals surface area contributed by atoms with Crippen LogP contribution in [0.3, 0.4) is 0 Å². The fourth-order valence-corrected chi connectivity index (χ4v) is 3.96. The Morgan fingerprint density at radius 1 is 1.20 bits per heavy atom. The zero-order chi connectivity index (χ0) is 18.9. The normalized spacial score (nSPS) is 12.7. The molecular weight excluding hydrogens is 409 g/mol. The number of primary sulfonamides is 1. The number of halogens is 2. The van der Waals surface area contributed by atoms with Crippen LogP contribution in [0.2, 0.25) is 10.0 Å². The quantitative estimate of drug-likeness (QED) is 0.697. The first-order valence-corrected chi connectivity index (χ1v) is 10.1. The van der Waals surface area contributed by atoms with E-state index in [1.807, 2.05) is 0 Å². The summed E-state index contributed by atoms with van der Waals surface area (Å²) < 4.78 is 35.3. The maximum absolute atomic E-state index is 12.4. The third kappa shape index (κ3) is 4.38. The summed E-state index contributed by atoms with van der Waals surface area (Å²) in [5.41, 5.74) is 0.303. The number of nitrogens with one attached hydrogen (secondary N) is 1. The summed E-state index contributed by atoms with van der Waals surface area (Å²) in [6, 6.07) is 6.94. The number of nitrogens with two attached hydrogens (primary N) is 2. The van der Waals surface area contributed by atoms with Crippen molar-refractivity contribution >= 4 is 55.8 Å². The van der Waals surface area contributed by atoms with E-state index in [1.165, 1.54) is 31.2 Å². The SMILES string of the molecule is Cc1c(Cl)c(S(N)=O)cc(S(N)(=O)=O)c1NC(=O)c1ccc(Cl)cc1. The van der Waals surface area contributed by atoms with Crippen molar-refractivity contribution in [3.63, 3.8) is 0 Å². The van der Waals surface area contributed by atoms with Gasteiger partial charge in [-0.25, -0.2) is 22.9 Å². The molecule has 0 heterocycles. The summed E-state index contributed by atoms with van der Waals surface area (Å²) >= 11 is 11.9. The second-order valence-electron chi connectivity index (χ2n) is 4.99. The molecule has 2 aromatic carbocycles. The highest BCUT2D eigenvalue weighted by molar-refractivity contribution is 7.89. The molecule has 11 heteroatoms. The lowest BCUT2D eigenvalue weighted by atomic mass is 10.1. The van der Waals surface area contributed by atoms with Gasteiger partial charge in [-0.3, -0.25) is 4.79 Å². The smallest absolute Gasteiger partial charge is 0.255 e. The summed E-state index contributed by atoms with van der Waals surface area (Å²) in [5, 5.41) is 13.4. The molecule has 0 bridgehead atoms. The number of anilines is 1. The Morgan fingerprint density at radius 3 is 2.24 bits per heavy atom. The Hall–Kier alpha value is -1.49. The van der Waals surface area contributed by atoms with Crippen LogP contribution in [0.1, 0.15) is 15.9 Å². The van der Waals surface area contributed by atoms with Gasteiger partial charge in [-0.1, -0.05) is 23.2 Å². The molecule has 0 aliphatic rings. The van der Waals surface area contributed by atoms with Gasteiger partial charge in [0, 0.05) is 10.6 Å². The molecule has 2 rings (SSSR count). The first-order valence-electron chi connectivity index (χ1n) is 6.61. The van der Waals surface area contributed by atoms with Crippen LogP contribution in [0.25, 0.3) is 0 Å². The molecule has 0 aromatic heterocycles. The fourth-order valence-electron chi connectivity index (χ4n) is 2.05. The minimum absolute atomic E-state index is 0.0281. The molecule has 0 spiro atoms. The van der Waals surface area contributed by atoms with Gasteiger partial charge < -0.3 is 5.32 Å². The van der Waals surface area contributed by atoms with E-state index in [2.05, 4.69) is 5.32 Å². The van der Waals surface area contributed by atoms with E-state index in [-0.39, 0.29) is 26.7 Å². The summed E-state index contributed by atoms with van der Waals surface area (Å²) in [6.07, 6.45) is 0. The molecule has 0 fully saturated rings. The van der Waals surface area contributed by atoms with Crippen molar-refractivity contribution in [2.45, 2.75) is 16.7 Å². The highest BCUT2D eigenvalue weighted by Crippen LogP contribution is 2.35. The monoisotopic (exact) mass is 421 g/mol. The zero-order valence-electron chi connectivity index (χ0n) is 12.7. The Kier molecular flexibility index (Phi) is 5.87. The average Bonchev–Trinajstić information content (AvgIpc) is 2.51. The van der Waals surface area contributed by atoms with Gasteiger partial charge in [0.25, 0.3) is 5.91 Å². The second-order valence-corrected chi connectivity index (χ2v) is 8.37. The second kappa shape index (κ2) is 7.40. The summed E-state index contributed by atoms with van der Waals surface area (Å²) in [4.78, 5) is 11.8. The lowest BCUT2D eigenvalue weighted by Crippen LogP contribution is -2.20. The highest BCUT2D eigenvalue weighted by Gasteiger charge is 2.24. The van der Waals surface area contributed by atoms with Crippen LogP contribution in [0.5, 0.6) is 0 Å². The van der Waals surface area contributed by atoms with Crippen molar-refractivity contribution < 1.29 is 17.4 Å². The van der Waals surface area contributed by atoms with Crippen LogP contribution < -0.4 is 15.6 Å². The predicted molar refractivity (Wildman–Crippen MR) is 97.6 cm³/mol. The number of carbonyl (C=O) groups is 1. The van der Waals surface area contributed by atoms with Gasteiger partial charge >= 0.3 is 0 Å². The van der Waals surface area contributed by atoms with Gasteiger partial charge in [-0.05, 0) is 42.8 Å². The van der Waals surface area contributed by atoms with Crippen LogP contribution in [0.4, 0.5) is 5.69 Å². The third-order valence-electron chi connectivity index (χ3n) is 3.30. The molecule has 1 atom stereocenters. The van der Waals surface area contributed by atoms with Gasteiger partial charge in [0.1, 0.15) is 15.9 Å². The molecule has 0 radical (unpaired) electrons. The molecule has 5 N–H and O–H groups in total. The van der Waals surface area contributed by atoms with E-state index in [9.17, 15) is 17.4 Å². The largest absolute Gasteiger partial charge is 0.320 e. The minimum Gasteiger partial charge on any atom is -0.320 e. The summed E-state index contributed by atoms with van der Waals surface area (Å²) in [5.74, 6) is -0.595. The van der Waals surface area contributed by atoms with Gasteiger partial charge in [-0.2, -0.15) is 0 Å². The molecule has 134 valence electrons. The molecule has 0 saturated carbocycles. The van der Waals surface area contributed by atoms with E-state index >= 15 is 0 Å². The molecule has 0 aliphatic carbocycles. The van der Waals surface area contributed by atoms with Crippen molar-refractivity contribution in [1.29, 1.82) is 0 Å². The molecule has 7 nitrogen and oxygen atoms in total. The van der Waals surface area contributed by atoms with Crippen molar-refractivity contribution in [3.05, 3.63) is 51.5 Å². The topological polar surface area (TPSA) is 132 Å². The van der Waals surface area contributed by atoms with E-state index in [0.717, 1.165) is 6.07 Å². The first-order chi connectivity index (χ1) is 11.5. The molecule has 25 heavy (non-hydrogen) atoms. The first kappa shape index (κ1) is 19.8. The zero-order valence-corrected chi connectivity index (χ0v) is 15.9. The number of carbonyl (C=O) groups excluding carboxylic acids is 1. The van der Waals surface area contributed by atoms with Crippen LogP contribution >= 0.6 is 23.2 Å². The number of amides is 1. The van der Waals surface area contributed by atoms with Crippen molar-refractivity contribution in [2.24, 2.45) is 10.3 Å². The molecule has 1 unspecified atom stereocenters. The average molecular weight is 422 g/mol. The minimum atomic E-state index is -4.25. The van der Waals surface area contributed by atoms with Crippen molar-refractivity contribution in [1.82, 2.24) is 0 Å². The van der Waals surface area contributed by atoms with Gasteiger partial charge in [0.05, 0.1) is 15.6 Å². The molecular formula is C14H13Cl2N3O4S2. The fraction of sp³-hybridized carbons (Fsp3) is 0.0714. The lowest BCUT2D eigenvalue weighted by Gasteiger charge is -2.16. The summed E-state index contributed by atoms with van der Waals surface area (Å²) in [7, 11) is -6.28. The summed E-state index contributed by atoms with van der Waals surface area (Å²) in [6.45, 7) is 1.45. The van der Waals surface area contributed by atoms with Gasteiger partial charge in [0.15, 0.2) is 0 Å². The van der Waals surface area contributed by atoms with E-state index in [4.69, 9.17) is 33.5 Å². The lowest BCUT2D eigenvalue weighted by molar-refractivity contribution is 0.102. The number of benzene rings is 2. The Morgan fingerprint density at radius 2 is 1.76 bits per heavy atom. The maximum Gasteiger partial charge on any atom is 0.255 e. The van der Waals surface area contributed by atoms with E-state index < -0.39 is 31.8 Å². The number of sulfonamides is 1. The van der Waals surface area contributed by atoms with Crippen LogP contribution in [0, 0.1) is 6.92 Å². The maximum atomic E-state index is 12.4. The van der Waals surface area contributed by atoms with Gasteiger partial charge in [-0.15, -0.1) is 0 Å².